The lowest BCUT2D eigenvalue weighted by Gasteiger charge is -2.29. The number of benzene rings is 1. The molecule has 20 heavy (non-hydrogen) atoms. The van der Waals surface area contributed by atoms with Crippen LogP contribution in [0.2, 0.25) is 5.02 Å². The Kier molecular flexibility index (Phi) is 6.34. The lowest BCUT2D eigenvalue weighted by Crippen LogP contribution is -2.42. The van der Waals surface area contributed by atoms with Gasteiger partial charge in [-0.3, -0.25) is 4.90 Å². The highest BCUT2D eigenvalue weighted by atomic mass is 35.5. The first kappa shape index (κ1) is 15.8. The van der Waals surface area contributed by atoms with E-state index in [2.05, 4.69) is 36.3 Å². The van der Waals surface area contributed by atoms with Gasteiger partial charge in [-0.1, -0.05) is 43.0 Å². The molecule has 0 saturated heterocycles. The van der Waals surface area contributed by atoms with E-state index in [1.165, 1.54) is 37.7 Å². The average molecular weight is 295 g/mol. The predicted octanol–water partition coefficient (Wildman–Crippen LogP) is 4.08. The first-order chi connectivity index (χ1) is 9.65. The molecule has 0 aromatic heterocycles. The van der Waals surface area contributed by atoms with Crippen molar-refractivity contribution in [1.29, 1.82) is 0 Å². The van der Waals surface area contributed by atoms with Crippen LogP contribution < -0.4 is 5.32 Å². The number of halogens is 1. The molecule has 2 nitrogen and oxygen atoms in total. The van der Waals surface area contributed by atoms with E-state index in [0.29, 0.717) is 6.04 Å². The average Bonchev–Trinajstić information content (AvgIpc) is 2.48. The van der Waals surface area contributed by atoms with Crippen LogP contribution in [0.25, 0.3) is 0 Å². The molecule has 0 heterocycles. The van der Waals surface area contributed by atoms with Crippen LogP contribution in [-0.2, 0) is 6.54 Å². The SMILES string of the molecule is CC(CNC1CCCCC1)N(C)Cc1ccc(Cl)cc1. The molecule has 0 spiro atoms. The molecule has 0 aliphatic heterocycles. The van der Waals surface area contributed by atoms with Crippen molar-refractivity contribution in [2.24, 2.45) is 0 Å². The van der Waals surface area contributed by atoms with Crippen LogP contribution in [0.3, 0.4) is 0 Å². The maximum Gasteiger partial charge on any atom is 0.0406 e. The molecule has 2 rings (SSSR count). The van der Waals surface area contributed by atoms with E-state index in [1.807, 2.05) is 12.1 Å². The number of nitrogens with one attached hydrogen (secondary N) is 1. The number of likely N-dealkylation sites (N-methyl/N-ethyl adjacent to an activating group) is 1. The van der Waals surface area contributed by atoms with Gasteiger partial charge in [0.05, 0.1) is 0 Å². The highest BCUT2D eigenvalue weighted by Gasteiger charge is 2.15. The van der Waals surface area contributed by atoms with E-state index in [1.54, 1.807) is 0 Å². The monoisotopic (exact) mass is 294 g/mol. The van der Waals surface area contributed by atoms with Gasteiger partial charge < -0.3 is 5.32 Å². The smallest absolute Gasteiger partial charge is 0.0406 e. The highest BCUT2D eigenvalue weighted by molar-refractivity contribution is 6.30. The second-order valence-electron chi connectivity index (χ2n) is 6.13. The van der Waals surface area contributed by atoms with Crippen molar-refractivity contribution in [3.05, 3.63) is 34.9 Å². The standard InChI is InChI=1S/C17H27ClN2/c1-14(12-19-17-6-4-3-5-7-17)20(2)13-15-8-10-16(18)11-9-15/h8-11,14,17,19H,3-7,12-13H2,1-2H3. The Bertz CT molecular complexity index is 384. The van der Waals surface area contributed by atoms with Gasteiger partial charge in [0.1, 0.15) is 0 Å². The van der Waals surface area contributed by atoms with Gasteiger partial charge >= 0.3 is 0 Å². The molecular weight excluding hydrogens is 268 g/mol. The number of hydrogen-bond donors (Lipinski definition) is 1. The molecule has 0 amide bonds. The summed E-state index contributed by atoms with van der Waals surface area (Å²) in [7, 11) is 2.20. The Morgan fingerprint density at radius 3 is 2.50 bits per heavy atom. The number of hydrogen-bond acceptors (Lipinski definition) is 2. The van der Waals surface area contributed by atoms with E-state index in [-0.39, 0.29) is 0 Å². The van der Waals surface area contributed by atoms with E-state index >= 15 is 0 Å². The van der Waals surface area contributed by atoms with Gasteiger partial charge in [-0.2, -0.15) is 0 Å². The summed E-state index contributed by atoms with van der Waals surface area (Å²) < 4.78 is 0. The molecule has 1 fully saturated rings. The Morgan fingerprint density at radius 1 is 1.20 bits per heavy atom. The summed E-state index contributed by atoms with van der Waals surface area (Å²) in [6.45, 7) is 4.35. The third-order valence-electron chi connectivity index (χ3n) is 4.40. The molecule has 1 N–H and O–H groups in total. The lowest BCUT2D eigenvalue weighted by atomic mass is 9.95. The summed E-state index contributed by atoms with van der Waals surface area (Å²) >= 11 is 5.92. The Hall–Kier alpha value is -0.570. The van der Waals surface area contributed by atoms with Crippen molar-refractivity contribution in [3.63, 3.8) is 0 Å². The van der Waals surface area contributed by atoms with Crippen molar-refractivity contribution in [1.82, 2.24) is 10.2 Å². The van der Waals surface area contributed by atoms with Gasteiger partial charge in [0.15, 0.2) is 0 Å². The van der Waals surface area contributed by atoms with Gasteiger partial charge in [-0.15, -0.1) is 0 Å². The fraction of sp³-hybridized carbons (Fsp3) is 0.647. The fourth-order valence-corrected chi connectivity index (χ4v) is 2.96. The van der Waals surface area contributed by atoms with Crippen molar-refractivity contribution >= 4 is 11.6 Å². The topological polar surface area (TPSA) is 15.3 Å². The number of rotatable bonds is 6. The summed E-state index contributed by atoms with van der Waals surface area (Å²) in [5.74, 6) is 0. The summed E-state index contributed by atoms with van der Waals surface area (Å²) in [6.07, 6.45) is 6.92. The maximum absolute atomic E-state index is 5.92. The van der Waals surface area contributed by atoms with Crippen LogP contribution in [0.1, 0.15) is 44.6 Å². The quantitative estimate of drug-likeness (QED) is 0.850. The van der Waals surface area contributed by atoms with Crippen molar-refractivity contribution < 1.29 is 0 Å². The van der Waals surface area contributed by atoms with Gasteiger partial charge in [0.2, 0.25) is 0 Å². The Morgan fingerprint density at radius 2 is 1.85 bits per heavy atom. The van der Waals surface area contributed by atoms with Crippen molar-refractivity contribution in [2.75, 3.05) is 13.6 Å². The Balaban J connectivity index is 1.73. The molecule has 1 aliphatic rings. The molecular formula is C17H27ClN2. The largest absolute Gasteiger partial charge is 0.312 e. The van der Waals surface area contributed by atoms with E-state index < -0.39 is 0 Å². The van der Waals surface area contributed by atoms with E-state index in [9.17, 15) is 0 Å². The number of nitrogens with zero attached hydrogens (tertiary/aromatic N) is 1. The molecule has 1 aromatic carbocycles. The molecule has 1 saturated carbocycles. The minimum absolute atomic E-state index is 0.549. The molecule has 0 bridgehead atoms. The van der Waals surface area contributed by atoms with Crippen LogP contribution in [0.4, 0.5) is 0 Å². The van der Waals surface area contributed by atoms with Gasteiger partial charge in [0, 0.05) is 30.2 Å². The van der Waals surface area contributed by atoms with Crippen LogP contribution in [0, 0.1) is 0 Å². The zero-order valence-electron chi connectivity index (χ0n) is 12.7. The molecule has 1 aromatic rings. The van der Waals surface area contributed by atoms with Crippen LogP contribution in [0.5, 0.6) is 0 Å². The van der Waals surface area contributed by atoms with Crippen LogP contribution in [-0.4, -0.2) is 30.6 Å². The van der Waals surface area contributed by atoms with E-state index in [0.717, 1.165) is 24.2 Å². The minimum atomic E-state index is 0.549. The first-order valence-corrected chi connectivity index (χ1v) is 8.21. The third-order valence-corrected chi connectivity index (χ3v) is 4.66. The maximum atomic E-state index is 5.92. The van der Waals surface area contributed by atoms with Crippen molar-refractivity contribution in [2.45, 2.75) is 57.7 Å². The third kappa shape index (κ3) is 5.08. The molecule has 112 valence electrons. The highest BCUT2D eigenvalue weighted by Crippen LogP contribution is 2.17. The zero-order valence-corrected chi connectivity index (χ0v) is 13.5. The van der Waals surface area contributed by atoms with Gasteiger partial charge in [-0.25, -0.2) is 0 Å². The van der Waals surface area contributed by atoms with E-state index in [4.69, 9.17) is 11.6 Å². The van der Waals surface area contributed by atoms with Crippen LogP contribution >= 0.6 is 11.6 Å². The zero-order chi connectivity index (χ0) is 14.4. The fourth-order valence-electron chi connectivity index (χ4n) is 2.83. The molecule has 1 atom stereocenters. The van der Waals surface area contributed by atoms with Gasteiger partial charge in [-0.05, 0) is 44.5 Å². The molecule has 3 heteroatoms. The lowest BCUT2D eigenvalue weighted by molar-refractivity contribution is 0.230. The van der Waals surface area contributed by atoms with Crippen molar-refractivity contribution in [3.8, 4) is 0 Å². The summed E-state index contributed by atoms with van der Waals surface area (Å²) in [4.78, 5) is 2.40. The summed E-state index contributed by atoms with van der Waals surface area (Å²) in [5.41, 5.74) is 1.32. The van der Waals surface area contributed by atoms with Gasteiger partial charge in [0.25, 0.3) is 0 Å². The minimum Gasteiger partial charge on any atom is -0.312 e. The van der Waals surface area contributed by atoms with Crippen LogP contribution in [0.15, 0.2) is 24.3 Å². The predicted molar refractivity (Wildman–Crippen MR) is 87.3 cm³/mol. The Labute approximate surface area is 128 Å². The normalized spacial score (nSPS) is 18.4. The molecule has 1 unspecified atom stereocenters. The summed E-state index contributed by atoms with van der Waals surface area (Å²) in [6, 6.07) is 9.45. The summed E-state index contributed by atoms with van der Waals surface area (Å²) in [5, 5.41) is 4.54. The second kappa shape index (κ2) is 8.02. The molecule has 1 aliphatic carbocycles. The molecule has 0 radical (unpaired) electrons. The second-order valence-corrected chi connectivity index (χ2v) is 6.57. The first-order valence-electron chi connectivity index (χ1n) is 7.83.